The van der Waals surface area contributed by atoms with Crippen LogP contribution in [0.4, 0.5) is 17.2 Å². The molecule has 0 aliphatic heterocycles. The van der Waals surface area contributed by atoms with Gasteiger partial charge in [-0.1, -0.05) is 0 Å². The van der Waals surface area contributed by atoms with Gasteiger partial charge >= 0.3 is 10.2 Å². The number of ether oxygens (including phenoxy) is 1. The Kier molecular flexibility index (Phi) is 4.84. The Balaban J connectivity index is 2.05. The lowest BCUT2D eigenvalue weighted by atomic mass is 10.3. The van der Waals surface area contributed by atoms with Crippen molar-refractivity contribution in [2.45, 2.75) is 0 Å². The van der Waals surface area contributed by atoms with Crippen molar-refractivity contribution in [3.8, 4) is 5.75 Å². The second-order valence-electron chi connectivity index (χ2n) is 4.68. The lowest BCUT2D eigenvalue weighted by Gasteiger charge is -2.13. The number of pyridine rings is 1. The summed E-state index contributed by atoms with van der Waals surface area (Å²) in [6, 6.07) is 10.8. The summed E-state index contributed by atoms with van der Waals surface area (Å²) < 4.78 is 31.9. The first-order valence-corrected chi connectivity index (χ1v) is 7.92. The molecule has 0 fully saturated rings. The zero-order chi connectivity index (χ0) is 16.2. The molecule has 1 heterocycles. The fraction of sp³-hybridized carbons (Fsp3) is 0.214. The molecule has 8 heteroatoms. The minimum Gasteiger partial charge on any atom is -0.497 e. The Hall–Kier alpha value is -2.32. The number of benzene rings is 1. The van der Waals surface area contributed by atoms with E-state index in [1.54, 1.807) is 25.4 Å². The Labute approximate surface area is 130 Å². The van der Waals surface area contributed by atoms with Crippen molar-refractivity contribution in [3.05, 3.63) is 42.6 Å². The van der Waals surface area contributed by atoms with E-state index in [4.69, 9.17) is 4.74 Å². The fourth-order valence-corrected chi connectivity index (χ4v) is 2.16. The maximum Gasteiger partial charge on any atom is 0.302 e. The van der Waals surface area contributed by atoms with E-state index in [0.29, 0.717) is 0 Å². The highest BCUT2D eigenvalue weighted by Gasteiger charge is 2.13. The van der Waals surface area contributed by atoms with Crippen molar-refractivity contribution in [2.24, 2.45) is 0 Å². The van der Waals surface area contributed by atoms with Crippen LogP contribution in [0.3, 0.4) is 0 Å². The molecule has 0 bridgehead atoms. The van der Waals surface area contributed by atoms with Crippen molar-refractivity contribution in [1.29, 1.82) is 0 Å². The molecule has 22 heavy (non-hydrogen) atoms. The predicted octanol–water partition coefficient (Wildman–Crippen LogP) is 2.05. The van der Waals surface area contributed by atoms with Crippen LogP contribution in [0.25, 0.3) is 0 Å². The average Bonchev–Trinajstić information content (AvgIpc) is 2.49. The van der Waals surface area contributed by atoms with Crippen LogP contribution in [0.5, 0.6) is 5.75 Å². The smallest absolute Gasteiger partial charge is 0.302 e. The van der Waals surface area contributed by atoms with Gasteiger partial charge in [0.1, 0.15) is 11.6 Å². The summed E-state index contributed by atoms with van der Waals surface area (Å²) in [5.74, 6) is 1.03. The first-order valence-electron chi connectivity index (χ1n) is 6.48. The van der Waals surface area contributed by atoms with Crippen molar-refractivity contribution < 1.29 is 13.2 Å². The Morgan fingerprint density at radius 1 is 1.05 bits per heavy atom. The molecule has 0 atom stereocenters. The van der Waals surface area contributed by atoms with E-state index in [2.05, 4.69) is 15.0 Å². The van der Waals surface area contributed by atoms with Crippen LogP contribution >= 0.6 is 0 Å². The van der Waals surface area contributed by atoms with Gasteiger partial charge in [-0.05, 0) is 36.4 Å². The molecule has 0 amide bonds. The number of methoxy groups -OCH3 is 1. The van der Waals surface area contributed by atoms with Crippen molar-refractivity contribution >= 4 is 27.4 Å². The van der Waals surface area contributed by atoms with Gasteiger partial charge in [0.2, 0.25) is 0 Å². The minimum absolute atomic E-state index is 0.258. The summed E-state index contributed by atoms with van der Waals surface area (Å²) in [6.07, 6.45) is 1.55. The van der Waals surface area contributed by atoms with Crippen molar-refractivity contribution in [3.63, 3.8) is 0 Å². The molecule has 0 saturated heterocycles. The van der Waals surface area contributed by atoms with Gasteiger partial charge in [0.15, 0.2) is 0 Å². The monoisotopic (exact) mass is 322 g/mol. The molecule has 0 unspecified atom stereocenters. The minimum atomic E-state index is -3.54. The van der Waals surface area contributed by atoms with E-state index in [9.17, 15) is 8.42 Å². The number of anilines is 3. The summed E-state index contributed by atoms with van der Waals surface area (Å²) in [5, 5.41) is 3.16. The molecular formula is C14H18N4O3S. The zero-order valence-corrected chi connectivity index (χ0v) is 13.4. The van der Waals surface area contributed by atoms with E-state index >= 15 is 0 Å². The normalized spacial score (nSPS) is 11.3. The third-order valence-electron chi connectivity index (χ3n) is 2.86. The maximum atomic E-state index is 11.7. The molecule has 2 rings (SSSR count). The van der Waals surface area contributed by atoms with Crippen LogP contribution in [0, 0.1) is 0 Å². The Morgan fingerprint density at radius 2 is 1.68 bits per heavy atom. The molecule has 0 radical (unpaired) electrons. The lowest BCUT2D eigenvalue weighted by molar-refractivity contribution is 0.415. The summed E-state index contributed by atoms with van der Waals surface area (Å²) >= 11 is 0. The molecule has 2 aromatic rings. The Bertz CT molecular complexity index is 713. The fourth-order valence-electron chi connectivity index (χ4n) is 1.59. The van der Waals surface area contributed by atoms with E-state index in [1.807, 2.05) is 24.3 Å². The molecule has 0 aliphatic rings. The average molecular weight is 322 g/mol. The van der Waals surface area contributed by atoms with Crippen molar-refractivity contribution in [2.75, 3.05) is 31.2 Å². The van der Waals surface area contributed by atoms with Crippen LogP contribution in [-0.4, -0.2) is 38.9 Å². The quantitative estimate of drug-likeness (QED) is 0.850. The number of rotatable bonds is 6. The van der Waals surface area contributed by atoms with E-state index in [1.165, 1.54) is 14.1 Å². The second kappa shape index (κ2) is 6.63. The highest BCUT2D eigenvalue weighted by molar-refractivity contribution is 7.90. The van der Waals surface area contributed by atoms with Crippen LogP contribution in [0.1, 0.15) is 0 Å². The van der Waals surface area contributed by atoms with Crippen LogP contribution < -0.4 is 14.8 Å². The molecule has 0 saturated carbocycles. The molecule has 118 valence electrons. The van der Waals surface area contributed by atoms with Gasteiger partial charge in [-0.2, -0.15) is 12.7 Å². The van der Waals surface area contributed by atoms with E-state index in [0.717, 1.165) is 21.4 Å². The lowest BCUT2D eigenvalue weighted by Crippen LogP contribution is -2.29. The van der Waals surface area contributed by atoms with E-state index in [-0.39, 0.29) is 5.82 Å². The molecule has 1 aromatic heterocycles. The topological polar surface area (TPSA) is 83.6 Å². The Morgan fingerprint density at radius 3 is 2.18 bits per heavy atom. The highest BCUT2D eigenvalue weighted by Crippen LogP contribution is 2.20. The van der Waals surface area contributed by atoms with Gasteiger partial charge in [-0.3, -0.25) is 4.72 Å². The van der Waals surface area contributed by atoms with Gasteiger partial charge in [-0.25, -0.2) is 4.98 Å². The molecular weight excluding hydrogens is 304 g/mol. The molecule has 7 nitrogen and oxygen atoms in total. The van der Waals surface area contributed by atoms with Crippen LogP contribution in [0.15, 0.2) is 42.6 Å². The number of hydrogen-bond acceptors (Lipinski definition) is 5. The predicted molar refractivity (Wildman–Crippen MR) is 86.7 cm³/mol. The largest absolute Gasteiger partial charge is 0.497 e. The van der Waals surface area contributed by atoms with Gasteiger partial charge in [-0.15, -0.1) is 0 Å². The number of hydrogen-bond donors (Lipinski definition) is 2. The summed E-state index contributed by atoms with van der Waals surface area (Å²) in [4.78, 5) is 4.07. The van der Waals surface area contributed by atoms with Crippen LogP contribution in [0.2, 0.25) is 0 Å². The SMILES string of the molecule is COc1ccc(Nc2ccc(NS(=O)(=O)N(C)C)nc2)cc1. The van der Waals surface area contributed by atoms with Gasteiger partial charge in [0.05, 0.1) is 19.0 Å². The summed E-state index contributed by atoms with van der Waals surface area (Å²) in [5.41, 5.74) is 1.63. The molecule has 2 N–H and O–H groups in total. The van der Waals surface area contributed by atoms with Gasteiger partial charge in [0, 0.05) is 19.8 Å². The van der Waals surface area contributed by atoms with Crippen molar-refractivity contribution in [1.82, 2.24) is 9.29 Å². The van der Waals surface area contributed by atoms with Crippen LogP contribution in [-0.2, 0) is 10.2 Å². The third-order valence-corrected chi connectivity index (χ3v) is 4.28. The number of nitrogens with zero attached hydrogens (tertiary/aromatic N) is 2. The standard InChI is InChI=1S/C14H18N4O3S/c1-18(2)22(19,20)17-14-9-6-12(10-15-14)16-11-4-7-13(21-3)8-5-11/h4-10,16H,1-3H3,(H,15,17). The van der Waals surface area contributed by atoms with Gasteiger partial charge in [0.25, 0.3) is 0 Å². The summed E-state index contributed by atoms with van der Waals surface area (Å²) in [7, 11) is 0.960. The first-order chi connectivity index (χ1) is 10.4. The number of aromatic nitrogens is 1. The molecule has 1 aromatic carbocycles. The first kappa shape index (κ1) is 16.1. The summed E-state index contributed by atoms with van der Waals surface area (Å²) in [6.45, 7) is 0. The number of nitrogens with one attached hydrogen (secondary N) is 2. The zero-order valence-electron chi connectivity index (χ0n) is 12.6. The van der Waals surface area contributed by atoms with E-state index < -0.39 is 10.2 Å². The maximum absolute atomic E-state index is 11.7. The molecule has 0 aliphatic carbocycles. The second-order valence-corrected chi connectivity index (χ2v) is 6.56. The third kappa shape index (κ3) is 4.09. The molecule has 0 spiro atoms. The van der Waals surface area contributed by atoms with Gasteiger partial charge < -0.3 is 10.1 Å². The highest BCUT2D eigenvalue weighted by atomic mass is 32.2.